The summed E-state index contributed by atoms with van der Waals surface area (Å²) in [5.41, 5.74) is 14.8. The van der Waals surface area contributed by atoms with Gasteiger partial charge in [0.1, 0.15) is 17.6 Å². The highest BCUT2D eigenvalue weighted by Gasteiger charge is 2.23. The van der Waals surface area contributed by atoms with E-state index >= 15 is 0 Å². The van der Waals surface area contributed by atoms with E-state index in [4.69, 9.17) is 21.6 Å². The van der Waals surface area contributed by atoms with E-state index in [2.05, 4.69) is 25.7 Å². The van der Waals surface area contributed by atoms with Crippen LogP contribution in [-0.2, 0) is 0 Å². The molecule has 31 heavy (non-hydrogen) atoms. The predicted octanol–water partition coefficient (Wildman–Crippen LogP) is 0.840. The molecule has 0 bridgehead atoms. The molecule has 1 amide bonds. The van der Waals surface area contributed by atoms with Crippen molar-refractivity contribution in [3.63, 3.8) is 0 Å². The van der Waals surface area contributed by atoms with Crippen LogP contribution in [0.15, 0.2) is 29.5 Å². The lowest BCUT2D eigenvalue weighted by molar-refractivity contribution is -0.577. The van der Waals surface area contributed by atoms with Crippen LogP contribution in [0, 0.1) is 5.41 Å². The molecule has 164 valence electrons. The standard InChI is InChI=1S/C20H27N9O2/c1-31-17-7-6-12(10-16(17)29-25-9-8-21)26-19-13(18(23)30)11-24-20(28-19)27-15-5-3-2-4-14(15)22/h6-11,14-15,21,29H,2-5,22H2,1H3,(H2,23,30)(H2,24,26,27,28)/p+1/b21-8?,25-9-/t14-,15+/m0/s1. The van der Waals surface area contributed by atoms with E-state index < -0.39 is 5.91 Å². The number of primary amides is 1. The van der Waals surface area contributed by atoms with Gasteiger partial charge in [0.25, 0.3) is 5.91 Å². The number of benzene rings is 1. The van der Waals surface area contributed by atoms with Crippen LogP contribution < -0.4 is 32.3 Å². The molecule has 0 saturated heterocycles. The second-order valence-corrected chi connectivity index (χ2v) is 7.19. The Hall–Kier alpha value is -3.57. The third kappa shape index (κ3) is 5.74. The molecule has 11 nitrogen and oxygen atoms in total. The van der Waals surface area contributed by atoms with Crippen molar-refractivity contribution in [2.24, 2.45) is 16.6 Å². The van der Waals surface area contributed by atoms with E-state index in [1.165, 1.54) is 12.4 Å². The largest absolute Gasteiger partial charge is 0.491 e. The summed E-state index contributed by atoms with van der Waals surface area (Å²) in [6, 6.07) is 5.45. The Bertz CT molecular complexity index is 964. The molecular formula is C20H28N9O2+. The minimum absolute atomic E-state index is 0.0331. The molecule has 2 atom stereocenters. The number of hydrogen-bond donors (Lipinski definition) is 6. The molecule has 1 saturated carbocycles. The zero-order valence-corrected chi connectivity index (χ0v) is 17.3. The maximum Gasteiger partial charge on any atom is 0.254 e. The number of ether oxygens (including phenoxy) is 1. The van der Waals surface area contributed by atoms with Gasteiger partial charge in [0.15, 0.2) is 11.4 Å². The number of aromatic nitrogens is 2. The predicted molar refractivity (Wildman–Crippen MR) is 120 cm³/mol. The van der Waals surface area contributed by atoms with Crippen molar-refractivity contribution in [2.45, 2.75) is 37.8 Å². The molecule has 0 spiro atoms. The Kier molecular flexibility index (Phi) is 7.46. The molecule has 3 rings (SSSR count). The monoisotopic (exact) mass is 426 g/mol. The third-order valence-corrected chi connectivity index (χ3v) is 5.05. The van der Waals surface area contributed by atoms with Crippen molar-refractivity contribution in [3.05, 3.63) is 30.0 Å². The first-order chi connectivity index (χ1) is 15.0. The highest BCUT2D eigenvalue weighted by atomic mass is 16.5. The van der Waals surface area contributed by atoms with Crippen LogP contribution in [0.4, 0.5) is 23.1 Å². The molecule has 1 heterocycles. The lowest BCUT2D eigenvalue weighted by atomic mass is 9.91. The van der Waals surface area contributed by atoms with Crippen molar-refractivity contribution in [2.75, 3.05) is 17.7 Å². The van der Waals surface area contributed by atoms with Crippen LogP contribution in [0.3, 0.4) is 0 Å². The molecule has 0 unspecified atom stereocenters. The Morgan fingerprint density at radius 3 is 2.90 bits per heavy atom. The van der Waals surface area contributed by atoms with Gasteiger partial charge in [-0.2, -0.15) is 10.4 Å². The maximum absolute atomic E-state index is 11.9. The van der Waals surface area contributed by atoms with Gasteiger partial charge in [-0.15, -0.1) is 0 Å². The first-order valence-electron chi connectivity index (χ1n) is 10.0. The van der Waals surface area contributed by atoms with Crippen molar-refractivity contribution >= 4 is 41.5 Å². The minimum atomic E-state index is -0.640. The number of nitrogens with two attached hydrogens (primary N) is 3. The number of methoxy groups -OCH3 is 1. The first kappa shape index (κ1) is 22.1. The van der Waals surface area contributed by atoms with Crippen LogP contribution >= 0.6 is 0 Å². The molecule has 11 heteroatoms. The number of anilines is 3. The fourth-order valence-corrected chi connectivity index (χ4v) is 3.45. The van der Waals surface area contributed by atoms with Gasteiger partial charge in [-0.25, -0.2) is 4.98 Å². The number of carbonyl (C=O) groups is 1. The second-order valence-electron chi connectivity index (χ2n) is 7.19. The smallest absolute Gasteiger partial charge is 0.254 e. The number of carbonyl (C=O) groups excluding carboxylic acids is 1. The molecule has 1 fully saturated rings. The number of amides is 1. The fraction of sp³-hybridized carbons (Fsp3) is 0.350. The number of hydrogen-bond acceptors (Lipinski definition) is 9. The lowest BCUT2D eigenvalue weighted by Crippen LogP contribution is -2.71. The van der Waals surface area contributed by atoms with Crippen molar-refractivity contribution in [1.82, 2.24) is 9.97 Å². The Balaban J connectivity index is 1.86. The molecule has 1 aromatic heterocycles. The van der Waals surface area contributed by atoms with Crippen LogP contribution in [0.5, 0.6) is 5.75 Å². The summed E-state index contributed by atoms with van der Waals surface area (Å²) in [7, 11) is 1.56. The Labute approximate surface area is 180 Å². The Morgan fingerprint density at radius 2 is 2.19 bits per heavy atom. The van der Waals surface area contributed by atoms with Gasteiger partial charge in [0.05, 0.1) is 7.11 Å². The number of nitrogens with one attached hydrogen (secondary N) is 3. The molecule has 1 aromatic carbocycles. The highest BCUT2D eigenvalue weighted by molar-refractivity contribution is 6.14. The Morgan fingerprint density at radius 1 is 1.39 bits per heavy atom. The molecular weight excluding hydrogens is 398 g/mol. The third-order valence-electron chi connectivity index (χ3n) is 5.05. The van der Waals surface area contributed by atoms with E-state index in [-0.39, 0.29) is 23.5 Å². The van der Waals surface area contributed by atoms with Crippen LogP contribution in [-0.4, -0.2) is 47.5 Å². The van der Waals surface area contributed by atoms with Gasteiger partial charge in [-0.3, -0.25) is 4.79 Å². The number of quaternary nitrogens is 1. The van der Waals surface area contributed by atoms with Gasteiger partial charge in [0.2, 0.25) is 5.95 Å². The van der Waals surface area contributed by atoms with Crippen LogP contribution in [0.25, 0.3) is 0 Å². The molecule has 0 aliphatic heterocycles. The summed E-state index contributed by atoms with van der Waals surface area (Å²) in [4.78, 5) is 20.6. The average molecular weight is 427 g/mol. The van der Waals surface area contributed by atoms with E-state index in [1.807, 2.05) is 0 Å². The van der Waals surface area contributed by atoms with E-state index in [1.54, 1.807) is 30.7 Å². The van der Waals surface area contributed by atoms with Gasteiger partial charge in [-0.05, 0) is 25.0 Å². The molecule has 1 aliphatic carbocycles. The zero-order valence-electron chi connectivity index (χ0n) is 17.3. The minimum Gasteiger partial charge on any atom is -0.491 e. The van der Waals surface area contributed by atoms with Gasteiger partial charge in [-0.1, -0.05) is 17.9 Å². The van der Waals surface area contributed by atoms with Crippen molar-refractivity contribution < 1.29 is 15.0 Å². The molecule has 9 N–H and O–H groups in total. The summed E-state index contributed by atoms with van der Waals surface area (Å²) in [5, 5.41) is 17.5. The first-order valence-corrected chi connectivity index (χ1v) is 10.0. The summed E-state index contributed by atoms with van der Waals surface area (Å²) < 4.78 is 5.35. The molecule has 0 radical (unpaired) electrons. The van der Waals surface area contributed by atoms with Crippen molar-refractivity contribution in [3.8, 4) is 5.75 Å². The summed E-state index contributed by atoms with van der Waals surface area (Å²) in [5.74, 6) is 0.637. The molecule has 2 aromatic rings. The normalized spacial score (nSPS) is 18.5. The highest BCUT2D eigenvalue weighted by Crippen LogP contribution is 2.27. The summed E-state index contributed by atoms with van der Waals surface area (Å²) in [6.45, 7) is 0. The summed E-state index contributed by atoms with van der Waals surface area (Å²) >= 11 is 0. The summed E-state index contributed by atoms with van der Waals surface area (Å²) in [6.07, 6.45) is 7.95. The quantitative estimate of drug-likeness (QED) is 0.149. The maximum atomic E-state index is 11.9. The van der Waals surface area contributed by atoms with Gasteiger partial charge >= 0.3 is 0 Å². The van der Waals surface area contributed by atoms with E-state index in [9.17, 15) is 4.79 Å². The lowest BCUT2D eigenvalue weighted by Gasteiger charge is -2.29. The second kappa shape index (κ2) is 10.5. The topological polar surface area (TPSA) is 181 Å². The SMILES string of the molecule is COc1ccc(Nc2nc(N[C@@H]3CCCC[C@@H]3N)ncc2C(N)=O)cc1[NH2+]/N=C\C=N. The van der Waals surface area contributed by atoms with Gasteiger partial charge in [0, 0.05) is 36.2 Å². The average Bonchev–Trinajstić information content (AvgIpc) is 2.76. The van der Waals surface area contributed by atoms with E-state index in [0.717, 1.165) is 31.9 Å². The molecule has 1 aliphatic rings. The van der Waals surface area contributed by atoms with Gasteiger partial charge < -0.3 is 32.2 Å². The fourth-order valence-electron chi connectivity index (χ4n) is 3.45. The van der Waals surface area contributed by atoms with E-state index in [0.29, 0.717) is 23.1 Å². The van der Waals surface area contributed by atoms with Crippen LogP contribution in [0.1, 0.15) is 36.0 Å². The van der Waals surface area contributed by atoms with Crippen molar-refractivity contribution in [1.29, 1.82) is 5.41 Å². The zero-order chi connectivity index (χ0) is 22.2. The number of nitrogens with zero attached hydrogens (tertiary/aromatic N) is 3. The van der Waals surface area contributed by atoms with Crippen LogP contribution in [0.2, 0.25) is 0 Å². The number of rotatable bonds is 9.